The highest BCUT2D eigenvalue weighted by molar-refractivity contribution is 6.30. The van der Waals surface area contributed by atoms with Crippen molar-refractivity contribution in [2.45, 2.75) is 19.3 Å². The third-order valence-electron chi connectivity index (χ3n) is 3.32. The lowest BCUT2D eigenvalue weighted by atomic mass is 9.88. The normalized spacial score (nSPS) is 13.3. The summed E-state index contributed by atoms with van der Waals surface area (Å²) >= 11 is 5.95. The highest BCUT2D eigenvalue weighted by Gasteiger charge is 2.17. The standard InChI is InChI=1S/C17H18ClN/c1-3-16(13-7-5-4-6-8-13)17(19-2)14-9-11-15(18)12-10-14/h4-12,16H,3H2,1-2H3/b19-17-. The second kappa shape index (κ2) is 6.53. The van der Waals surface area contributed by atoms with Crippen LogP contribution in [0.4, 0.5) is 0 Å². The minimum Gasteiger partial charge on any atom is -0.292 e. The molecule has 19 heavy (non-hydrogen) atoms. The Morgan fingerprint density at radius 1 is 1.05 bits per heavy atom. The van der Waals surface area contributed by atoms with Gasteiger partial charge in [-0.25, -0.2) is 0 Å². The van der Waals surface area contributed by atoms with Gasteiger partial charge in [-0.3, -0.25) is 4.99 Å². The van der Waals surface area contributed by atoms with Gasteiger partial charge in [-0.2, -0.15) is 0 Å². The van der Waals surface area contributed by atoms with Crippen LogP contribution in [0.5, 0.6) is 0 Å². The molecule has 0 saturated heterocycles. The Balaban J connectivity index is 2.38. The molecular weight excluding hydrogens is 254 g/mol. The smallest absolute Gasteiger partial charge is 0.0491 e. The number of nitrogens with zero attached hydrogens (tertiary/aromatic N) is 1. The molecule has 2 aromatic rings. The molecule has 0 aliphatic carbocycles. The quantitative estimate of drug-likeness (QED) is 0.698. The highest BCUT2D eigenvalue weighted by Crippen LogP contribution is 2.25. The van der Waals surface area contributed by atoms with Gasteiger partial charge in [0.2, 0.25) is 0 Å². The summed E-state index contributed by atoms with van der Waals surface area (Å²) in [5, 5.41) is 0.756. The van der Waals surface area contributed by atoms with Gasteiger partial charge >= 0.3 is 0 Å². The SMILES string of the molecule is CCC(/C(=N\C)c1ccc(Cl)cc1)c1ccccc1. The second-order valence-corrected chi connectivity index (χ2v) is 4.92. The summed E-state index contributed by atoms with van der Waals surface area (Å²) in [6.07, 6.45) is 1.03. The van der Waals surface area contributed by atoms with E-state index in [0.29, 0.717) is 5.92 Å². The minimum atomic E-state index is 0.326. The van der Waals surface area contributed by atoms with Crippen molar-refractivity contribution >= 4 is 17.3 Å². The molecule has 2 rings (SSSR count). The van der Waals surface area contributed by atoms with Crippen LogP contribution >= 0.6 is 11.6 Å². The molecule has 98 valence electrons. The van der Waals surface area contributed by atoms with Gasteiger partial charge in [0.25, 0.3) is 0 Å². The summed E-state index contributed by atoms with van der Waals surface area (Å²) in [5.74, 6) is 0.326. The minimum absolute atomic E-state index is 0.326. The van der Waals surface area contributed by atoms with Gasteiger partial charge in [-0.1, -0.05) is 61.0 Å². The molecule has 1 unspecified atom stereocenters. The van der Waals surface area contributed by atoms with Gasteiger partial charge in [0.1, 0.15) is 0 Å². The Morgan fingerprint density at radius 2 is 1.68 bits per heavy atom. The maximum absolute atomic E-state index is 5.95. The molecule has 0 bridgehead atoms. The molecule has 0 aliphatic heterocycles. The third-order valence-corrected chi connectivity index (χ3v) is 3.57. The highest BCUT2D eigenvalue weighted by atomic mass is 35.5. The fourth-order valence-electron chi connectivity index (χ4n) is 2.38. The topological polar surface area (TPSA) is 12.4 Å². The zero-order chi connectivity index (χ0) is 13.7. The van der Waals surface area contributed by atoms with Crippen LogP contribution in [0.1, 0.15) is 30.4 Å². The maximum atomic E-state index is 5.95. The molecule has 0 N–H and O–H groups in total. The average molecular weight is 272 g/mol. The zero-order valence-corrected chi connectivity index (χ0v) is 12.1. The van der Waals surface area contributed by atoms with Gasteiger partial charge in [0.15, 0.2) is 0 Å². The lowest BCUT2D eigenvalue weighted by molar-refractivity contribution is 0.842. The van der Waals surface area contributed by atoms with Gasteiger partial charge in [-0.05, 0) is 29.7 Å². The predicted molar refractivity (Wildman–Crippen MR) is 83.4 cm³/mol. The van der Waals surface area contributed by atoms with E-state index in [-0.39, 0.29) is 0 Å². The lowest BCUT2D eigenvalue weighted by Gasteiger charge is -2.18. The van der Waals surface area contributed by atoms with Gasteiger partial charge in [0.05, 0.1) is 0 Å². The van der Waals surface area contributed by atoms with E-state index in [1.807, 2.05) is 37.4 Å². The van der Waals surface area contributed by atoms with Crippen LogP contribution in [0.2, 0.25) is 5.02 Å². The molecule has 0 aliphatic rings. The van der Waals surface area contributed by atoms with Crippen molar-refractivity contribution in [2.24, 2.45) is 4.99 Å². The van der Waals surface area contributed by atoms with Crippen LogP contribution < -0.4 is 0 Å². The van der Waals surface area contributed by atoms with Crippen molar-refractivity contribution < 1.29 is 0 Å². The van der Waals surface area contributed by atoms with E-state index in [2.05, 4.69) is 36.2 Å². The molecule has 1 atom stereocenters. The largest absolute Gasteiger partial charge is 0.292 e. The lowest BCUT2D eigenvalue weighted by Crippen LogP contribution is -2.13. The Morgan fingerprint density at radius 3 is 2.21 bits per heavy atom. The summed E-state index contributed by atoms with van der Waals surface area (Å²) < 4.78 is 0. The molecular formula is C17H18ClN. The number of hydrogen-bond donors (Lipinski definition) is 0. The van der Waals surface area contributed by atoms with Crippen molar-refractivity contribution in [1.29, 1.82) is 0 Å². The summed E-state index contributed by atoms with van der Waals surface area (Å²) in [6, 6.07) is 18.4. The summed E-state index contributed by atoms with van der Waals surface area (Å²) in [6.45, 7) is 2.19. The second-order valence-electron chi connectivity index (χ2n) is 4.49. The Hall–Kier alpha value is -1.60. The molecule has 0 fully saturated rings. The van der Waals surface area contributed by atoms with Crippen molar-refractivity contribution in [3.63, 3.8) is 0 Å². The third kappa shape index (κ3) is 3.24. The monoisotopic (exact) mass is 271 g/mol. The number of halogens is 1. The molecule has 0 heterocycles. The summed E-state index contributed by atoms with van der Waals surface area (Å²) in [4.78, 5) is 4.51. The van der Waals surface area contributed by atoms with Crippen LogP contribution in [0.15, 0.2) is 59.6 Å². The van der Waals surface area contributed by atoms with Crippen LogP contribution in [-0.2, 0) is 0 Å². The molecule has 0 spiro atoms. The summed E-state index contributed by atoms with van der Waals surface area (Å²) in [7, 11) is 1.86. The molecule has 0 radical (unpaired) electrons. The molecule has 0 aromatic heterocycles. The molecule has 0 amide bonds. The number of aliphatic imine (C=N–C) groups is 1. The molecule has 0 saturated carbocycles. The average Bonchev–Trinajstić information content (AvgIpc) is 2.47. The van der Waals surface area contributed by atoms with E-state index in [0.717, 1.165) is 22.7 Å². The maximum Gasteiger partial charge on any atom is 0.0491 e. The number of hydrogen-bond acceptors (Lipinski definition) is 1. The fourth-order valence-corrected chi connectivity index (χ4v) is 2.51. The van der Waals surface area contributed by atoms with E-state index < -0.39 is 0 Å². The zero-order valence-electron chi connectivity index (χ0n) is 11.3. The van der Waals surface area contributed by atoms with E-state index in [9.17, 15) is 0 Å². The van der Waals surface area contributed by atoms with Crippen molar-refractivity contribution in [2.75, 3.05) is 7.05 Å². The summed E-state index contributed by atoms with van der Waals surface area (Å²) in [5.41, 5.74) is 3.56. The molecule has 2 heteroatoms. The van der Waals surface area contributed by atoms with Crippen LogP contribution in [0, 0.1) is 0 Å². The van der Waals surface area contributed by atoms with E-state index in [1.54, 1.807) is 0 Å². The fraction of sp³-hybridized carbons (Fsp3) is 0.235. The Kier molecular flexibility index (Phi) is 4.75. The predicted octanol–water partition coefficient (Wildman–Crippen LogP) is 4.95. The van der Waals surface area contributed by atoms with E-state index in [4.69, 9.17) is 11.6 Å². The van der Waals surface area contributed by atoms with E-state index >= 15 is 0 Å². The molecule has 2 aromatic carbocycles. The van der Waals surface area contributed by atoms with Crippen molar-refractivity contribution in [3.05, 3.63) is 70.7 Å². The van der Waals surface area contributed by atoms with Crippen molar-refractivity contribution in [3.8, 4) is 0 Å². The first kappa shape index (κ1) is 13.8. The van der Waals surface area contributed by atoms with Gasteiger partial charge < -0.3 is 0 Å². The van der Waals surface area contributed by atoms with Crippen LogP contribution in [-0.4, -0.2) is 12.8 Å². The Bertz CT molecular complexity index is 543. The van der Waals surface area contributed by atoms with Crippen LogP contribution in [0.3, 0.4) is 0 Å². The Labute approximate surface area is 120 Å². The van der Waals surface area contributed by atoms with Gasteiger partial charge in [-0.15, -0.1) is 0 Å². The van der Waals surface area contributed by atoms with Crippen LogP contribution in [0.25, 0.3) is 0 Å². The first-order valence-corrected chi connectivity index (χ1v) is 6.91. The van der Waals surface area contributed by atoms with Gasteiger partial charge in [0, 0.05) is 23.7 Å². The first-order chi connectivity index (χ1) is 9.26. The van der Waals surface area contributed by atoms with Crippen molar-refractivity contribution in [1.82, 2.24) is 0 Å². The van der Waals surface area contributed by atoms with E-state index in [1.165, 1.54) is 5.56 Å². The number of rotatable bonds is 4. The number of benzene rings is 2. The molecule has 1 nitrogen and oxygen atoms in total. The first-order valence-electron chi connectivity index (χ1n) is 6.53.